The van der Waals surface area contributed by atoms with Gasteiger partial charge >= 0.3 is 0 Å². The summed E-state index contributed by atoms with van der Waals surface area (Å²) in [6, 6.07) is 0.603. The number of hydrogen-bond donors (Lipinski definition) is 0. The molecule has 0 N–H and O–H groups in total. The van der Waals surface area contributed by atoms with Gasteiger partial charge in [-0.3, -0.25) is 0 Å². The van der Waals surface area contributed by atoms with Gasteiger partial charge in [0, 0.05) is 6.04 Å². The Hall–Kier alpha value is -0.510. The zero-order chi connectivity index (χ0) is 9.26. The molecule has 1 heterocycles. The van der Waals surface area contributed by atoms with Crippen molar-refractivity contribution in [2.75, 3.05) is 0 Å². The summed E-state index contributed by atoms with van der Waals surface area (Å²) in [5.41, 5.74) is 0. The molecule has 0 spiro atoms. The van der Waals surface area contributed by atoms with Crippen molar-refractivity contribution in [2.24, 2.45) is 10.2 Å². The van der Waals surface area contributed by atoms with Crippen LogP contribution >= 0.6 is 12.2 Å². The predicted molar refractivity (Wildman–Crippen MR) is 55.6 cm³/mol. The number of hydrogen-bond acceptors (Lipinski definition) is 2. The van der Waals surface area contributed by atoms with E-state index in [1.807, 2.05) is 0 Å². The molecule has 1 aliphatic heterocycles. The summed E-state index contributed by atoms with van der Waals surface area (Å²) >= 11 is 5.16. The van der Waals surface area contributed by atoms with Crippen molar-refractivity contribution in [3.05, 3.63) is 0 Å². The maximum absolute atomic E-state index is 5.16. The van der Waals surface area contributed by atoms with E-state index in [4.69, 9.17) is 12.2 Å². The van der Waals surface area contributed by atoms with Crippen LogP contribution in [0.5, 0.6) is 0 Å². The van der Waals surface area contributed by atoms with E-state index in [0.29, 0.717) is 11.2 Å². The summed E-state index contributed by atoms with van der Waals surface area (Å²) in [7, 11) is 0. The fourth-order valence-electron chi connectivity index (χ4n) is 2.22. The van der Waals surface area contributed by atoms with Gasteiger partial charge in [-0.15, -0.1) is 5.11 Å². The third-order valence-corrected chi connectivity index (χ3v) is 3.19. The molecule has 0 aromatic heterocycles. The monoisotopic (exact) mass is 197 g/mol. The van der Waals surface area contributed by atoms with Crippen LogP contribution < -0.4 is 0 Å². The zero-order valence-electron chi connectivity index (χ0n) is 7.94. The van der Waals surface area contributed by atoms with Crippen LogP contribution in [-0.2, 0) is 0 Å². The second-order valence-corrected chi connectivity index (χ2v) is 4.19. The van der Waals surface area contributed by atoms with Crippen LogP contribution in [0.4, 0.5) is 0 Å². The highest BCUT2D eigenvalue weighted by molar-refractivity contribution is 7.80. The van der Waals surface area contributed by atoms with E-state index < -0.39 is 0 Å². The molecule has 4 heteroatoms. The average molecular weight is 197 g/mol. The molecule has 0 saturated heterocycles. The fourth-order valence-corrected chi connectivity index (χ4v) is 2.57. The Kier molecular flexibility index (Phi) is 2.58. The third kappa shape index (κ3) is 1.73. The van der Waals surface area contributed by atoms with E-state index in [0.717, 1.165) is 0 Å². The highest BCUT2D eigenvalue weighted by atomic mass is 32.1. The van der Waals surface area contributed by atoms with E-state index in [9.17, 15) is 0 Å². The lowest BCUT2D eigenvalue weighted by atomic mass is 9.94. The summed E-state index contributed by atoms with van der Waals surface area (Å²) in [6.07, 6.45) is 6.73. The minimum Gasteiger partial charge on any atom is -0.319 e. The van der Waals surface area contributed by atoms with E-state index in [1.54, 1.807) is 0 Å². The lowest BCUT2D eigenvalue weighted by molar-refractivity contribution is 0.216. The number of rotatable bonds is 1. The normalized spacial score (nSPS) is 30.1. The number of azo groups is 1. The molecular formula is C9H15N3S. The van der Waals surface area contributed by atoms with Gasteiger partial charge in [-0.2, -0.15) is 5.11 Å². The molecule has 1 unspecified atom stereocenters. The second-order valence-electron chi connectivity index (χ2n) is 3.83. The Bertz CT molecular complexity index is 233. The van der Waals surface area contributed by atoms with Gasteiger partial charge in [-0.25, -0.2) is 0 Å². The van der Waals surface area contributed by atoms with Gasteiger partial charge in [-0.1, -0.05) is 19.3 Å². The molecule has 1 fully saturated rings. The molecule has 13 heavy (non-hydrogen) atoms. The molecule has 0 aromatic carbocycles. The Balaban J connectivity index is 2.02. The molecule has 0 amide bonds. The smallest absolute Gasteiger partial charge is 0.218 e. The average Bonchev–Trinajstić information content (AvgIpc) is 2.48. The standard InChI is InChI=1S/C9H15N3S/c1-7-10-11-9(13)12(7)8-5-3-2-4-6-8/h7-8H,2-6H2,1H3. The van der Waals surface area contributed by atoms with Crippen molar-refractivity contribution in [1.29, 1.82) is 0 Å². The van der Waals surface area contributed by atoms with Crippen molar-refractivity contribution < 1.29 is 0 Å². The first-order chi connectivity index (χ1) is 6.29. The molecule has 1 atom stereocenters. The molecule has 2 aliphatic rings. The van der Waals surface area contributed by atoms with Gasteiger partial charge in [-0.05, 0) is 32.0 Å². The van der Waals surface area contributed by atoms with Crippen molar-refractivity contribution in [3.63, 3.8) is 0 Å². The van der Waals surface area contributed by atoms with E-state index in [2.05, 4.69) is 22.1 Å². The van der Waals surface area contributed by atoms with Gasteiger partial charge in [0.05, 0.1) is 0 Å². The summed E-state index contributed by atoms with van der Waals surface area (Å²) in [5.74, 6) is 0. The number of thiocarbonyl (C=S) groups is 1. The zero-order valence-corrected chi connectivity index (χ0v) is 8.76. The van der Waals surface area contributed by atoms with E-state index >= 15 is 0 Å². The van der Waals surface area contributed by atoms with Crippen molar-refractivity contribution >= 4 is 17.3 Å². The van der Waals surface area contributed by atoms with Gasteiger partial charge in [0.2, 0.25) is 5.11 Å². The minimum atomic E-state index is 0.176. The molecule has 3 nitrogen and oxygen atoms in total. The van der Waals surface area contributed by atoms with Crippen molar-refractivity contribution in [1.82, 2.24) is 4.90 Å². The summed E-state index contributed by atoms with van der Waals surface area (Å²) in [4.78, 5) is 2.20. The maximum atomic E-state index is 5.16. The Morgan fingerprint density at radius 2 is 2.00 bits per heavy atom. The highest BCUT2D eigenvalue weighted by Crippen LogP contribution is 2.27. The van der Waals surface area contributed by atoms with Gasteiger partial charge < -0.3 is 4.90 Å². The predicted octanol–water partition coefficient (Wildman–Crippen LogP) is 2.72. The molecule has 1 saturated carbocycles. The number of nitrogens with zero attached hydrogens (tertiary/aromatic N) is 3. The topological polar surface area (TPSA) is 28.0 Å². The quantitative estimate of drug-likeness (QED) is 0.604. The van der Waals surface area contributed by atoms with Crippen LogP contribution in [0, 0.1) is 0 Å². The van der Waals surface area contributed by atoms with Crippen molar-refractivity contribution in [3.8, 4) is 0 Å². The SMILES string of the molecule is CC1N=NC(=S)N1C1CCCCC1. The Morgan fingerprint density at radius 1 is 1.31 bits per heavy atom. The van der Waals surface area contributed by atoms with E-state index in [1.165, 1.54) is 32.1 Å². The first kappa shape index (κ1) is 9.06. The molecule has 0 radical (unpaired) electrons. The highest BCUT2D eigenvalue weighted by Gasteiger charge is 2.30. The van der Waals surface area contributed by atoms with Gasteiger partial charge in [0.25, 0.3) is 0 Å². The molecule has 72 valence electrons. The van der Waals surface area contributed by atoms with E-state index in [-0.39, 0.29) is 6.17 Å². The first-order valence-corrected chi connectivity index (χ1v) is 5.43. The summed E-state index contributed by atoms with van der Waals surface area (Å²) in [6.45, 7) is 2.07. The second kappa shape index (κ2) is 3.70. The largest absolute Gasteiger partial charge is 0.319 e. The van der Waals surface area contributed by atoms with Crippen LogP contribution in [0.3, 0.4) is 0 Å². The minimum absolute atomic E-state index is 0.176. The molecular weight excluding hydrogens is 182 g/mol. The molecule has 1 aliphatic carbocycles. The Labute approximate surface area is 84.2 Å². The van der Waals surface area contributed by atoms with Crippen LogP contribution in [0.2, 0.25) is 0 Å². The lowest BCUT2D eigenvalue weighted by Crippen LogP contribution is -2.41. The van der Waals surface area contributed by atoms with Crippen LogP contribution in [0.25, 0.3) is 0 Å². The van der Waals surface area contributed by atoms with Crippen LogP contribution in [0.15, 0.2) is 10.2 Å². The molecule has 0 aromatic rings. The van der Waals surface area contributed by atoms with Crippen LogP contribution in [-0.4, -0.2) is 22.2 Å². The first-order valence-electron chi connectivity index (χ1n) is 5.02. The van der Waals surface area contributed by atoms with Crippen molar-refractivity contribution in [2.45, 2.75) is 51.2 Å². The van der Waals surface area contributed by atoms with Gasteiger partial charge in [0.1, 0.15) is 6.17 Å². The maximum Gasteiger partial charge on any atom is 0.218 e. The third-order valence-electron chi connectivity index (χ3n) is 2.90. The Morgan fingerprint density at radius 3 is 2.54 bits per heavy atom. The molecule has 2 rings (SSSR count). The fraction of sp³-hybridized carbons (Fsp3) is 0.889. The summed E-state index contributed by atoms with van der Waals surface area (Å²) in [5, 5.41) is 8.73. The molecule has 0 bridgehead atoms. The summed E-state index contributed by atoms with van der Waals surface area (Å²) < 4.78 is 0. The lowest BCUT2D eigenvalue weighted by Gasteiger charge is -2.33. The van der Waals surface area contributed by atoms with Crippen LogP contribution in [0.1, 0.15) is 39.0 Å². The van der Waals surface area contributed by atoms with Gasteiger partial charge in [0.15, 0.2) is 0 Å².